The van der Waals surface area contributed by atoms with Crippen LogP contribution in [-0.4, -0.2) is 10.1 Å². The highest BCUT2D eigenvalue weighted by Gasteiger charge is 2.08. The minimum atomic E-state index is 0.710. The van der Waals surface area contributed by atoms with Crippen LogP contribution >= 0.6 is 0 Å². The minimum absolute atomic E-state index is 0.710. The van der Waals surface area contributed by atoms with Gasteiger partial charge in [0.15, 0.2) is 0 Å². The van der Waals surface area contributed by atoms with Gasteiger partial charge in [-0.1, -0.05) is 75.4 Å². The van der Waals surface area contributed by atoms with Gasteiger partial charge in [-0.25, -0.2) is 0 Å². The minimum Gasteiger partial charge on any atom is -0.339 e. The van der Waals surface area contributed by atoms with E-state index in [9.17, 15) is 0 Å². The second-order valence-corrected chi connectivity index (χ2v) is 5.62. The summed E-state index contributed by atoms with van der Waals surface area (Å²) in [6, 6.07) is 8.47. The van der Waals surface area contributed by atoms with Gasteiger partial charge in [0.1, 0.15) is 0 Å². The van der Waals surface area contributed by atoms with Crippen LogP contribution in [0.25, 0.3) is 11.4 Å². The maximum Gasteiger partial charge on any atom is 0.226 e. The third kappa shape index (κ3) is 5.00. The van der Waals surface area contributed by atoms with Gasteiger partial charge in [-0.2, -0.15) is 4.98 Å². The normalized spacial score (nSPS) is 11.0. The molecular formula is C18H26N2O. The zero-order valence-electron chi connectivity index (χ0n) is 13.3. The van der Waals surface area contributed by atoms with Crippen molar-refractivity contribution >= 4 is 0 Å². The van der Waals surface area contributed by atoms with Crippen molar-refractivity contribution in [3.05, 3.63) is 35.7 Å². The van der Waals surface area contributed by atoms with E-state index in [2.05, 4.69) is 48.3 Å². The molecule has 2 aromatic rings. The fraction of sp³-hybridized carbons (Fsp3) is 0.556. The monoisotopic (exact) mass is 286 g/mol. The molecule has 0 saturated heterocycles. The van der Waals surface area contributed by atoms with Crippen LogP contribution in [0.2, 0.25) is 0 Å². The predicted octanol–water partition coefficient (Wildman–Crippen LogP) is 5.20. The fourth-order valence-corrected chi connectivity index (χ4v) is 2.46. The molecular weight excluding hydrogens is 260 g/mol. The number of hydrogen-bond acceptors (Lipinski definition) is 3. The summed E-state index contributed by atoms with van der Waals surface area (Å²) in [5, 5.41) is 4.09. The molecule has 0 amide bonds. The van der Waals surface area contributed by atoms with E-state index in [-0.39, 0.29) is 0 Å². The molecule has 0 radical (unpaired) electrons. The molecule has 21 heavy (non-hydrogen) atoms. The summed E-state index contributed by atoms with van der Waals surface area (Å²) in [4.78, 5) is 4.50. The summed E-state index contributed by atoms with van der Waals surface area (Å²) in [5.41, 5.74) is 2.40. The van der Waals surface area contributed by atoms with Crippen LogP contribution in [0.5, 0.6) is 0 Å². The van der Waals surface area contributed by atoms with Crippen LogP contribution in [0.3, 0.4) is 0 Å². The first-order chi connectivity index (χ1) is 10.3. The van der Waals surface area contributed by atoms with E-state index in [1.807, 2.05) is 0 Å². The molecule has 3 nitrogen and oxygen atoms in total. The topological polar surface area (TPSA) is 38.9 Å². The van der Waals surface area contributed by atoms with Gasteiger partial charge in [-0.3, -0.25) is 0 Å². The van der Waals surface area contributed by atoms with Gasteiger partial charge in [0.2, 0.25) is 11.7 Å². The number of nitrogens with zero attached hydrogens (tertiary/aromatic N) is 2. The number of aromatic nitrogens is 2. The molecule has 0 fully saturated rings. The van der Waals surface area contributed by atoms with Crippen molar-refractivity contribution in [3.8, 4) is 11.4 Å². The third-order valence-electron chi connectivity index (χ3n) is 3.71. The lowest BCUT2D eigenvalue weighted by molar-refractivity contribution is 0.374. The quantitative estimate of drug-likeness (QED) is 0.594. The van der Waals surface area contributed by atoms with Crippen molar-refractivity contribution in [2.45, 2.75) is 65.2 Å². The van der Waals surface area contributed by atoms with E-state index < -0.39 is 0 Å². The average molecular weight is 286 g/mol. The Labute approximate surface area is 127 Å². The zero-order valence-corrected chi connectivity index (χ0v) is 13.3. The highest BCUT2D eigenvalue weighted by molar-refractivity contribution is 5.54. The fourth-order valence-electron chi connectivity index (χ4n) is 2.46. The van der Waals surface area contributed by atoms with Crippen molar-refractivity contribution in [2.75, 3.05) is 0 Å². The summed E-state index contributed by atoms with van der Waals surface area (Å²) in [5.74, 6) is 1.47. The molecule has 0 N–H and O–H groups in total. The van der Waals surface area contributed by atoms with Gasteiger partial charge in [-0.05, 0) is 18.4 Å². The van der Waals surface area contributed by atoms with Gasteiger partial charge in [0.25, 0.3) is 0 Å². The molecule has 1 aromatic carbocycles. The Morgan fingerprint density at radius 2 is 1.62 bits per heavy atom. The van der Waals surface area contributed by atoms with Crippen molar-refractivity contribution in [1.82, 2.24) is 10.1 Å². The van der Waals surface area contributed by atoms with Crippen LogP contribution in [0, 0.1) is 0 Å². The third-order valence-corrected chi connectivity index (χ3v) is 3.71. The molecule has 3 heteroatoms. The van der Waals surface area contributed by atoms with Crippen LogP contribution in [0.1, 0.15) is 63.8 Å². The molecule has 114 valence electrons. The molecule has 1 aromatic heterocycles. The summed E-state index contributed by atoms with van der Waals surface area (Å²) in [6.07, 6.45) is 9.46. The van der Waals surface area contributed by atoms with E-state index in [1.165, 1.54) is 37.7 Å². The van der Waals surface area contributed by atoms with Gasteiger partial charge in [0, 0.05) is 12.0 Å². The molecule has 0 aliphatic heterocycles. The second-order valence-electron chi connectivity index (χ2n) is 5.62. The van der Waals surface area contributed by atoms with Crippen LogP contribution in [0.15, 0.2) is 28.8 Å². The van der Waals surface area contributed by atoms with Gasteiger partial charge in [-0.15, -0.1) is 0 Å². The number of hydrogen-bond donors (Lipinski definition) is 0. The standard InChI is InChI=1S/C18H26N2O/c1-3-5-6-7-8-10-17-19-18(20-21-17)16-13-11-15(9-4-2)12-14-16/h11-14H,3-10H2,1-2H3. The van der Waals surface area contributed by atoms with Crippen molar-refractivity contribution in [1.29, 1.82) is 0 Å². The molecule has 1 heterocycles. The lowest BCUT2D eigenvalue weighted by atomic mass is 10.1. The molecule has 2 rings (SSSR count). The molecule has 0 atom stereocenters. The SMILES string of the molecule is CCCCCCCc1nc(-c2ccc(CCC)cc2)no1. The summed E-state index contributed by atoms with van der Waals surface area (Å²) < 4.78 is 5.34. The highest BCUT2D eigenvalue weighted by Crippen LogP contribution is 2.18. The zero-order chi connectivity index (χ0) is 14.9. The molecule has 0 spiro atoms. The molecule has 0 saturated carbocycles. The van der Waals surface area contributed by atoms with Crippen LogP contribution in [0.4, 0.5) is 0 Å². The number of aryl methyl sites for hydroxylation is 2. The summed E-state index contributed by atoms with van der Waals surface area (Å²) >= 11 is 0. The first-order valence-electron chi connectivity index (χ1n) is 8.25. The molecule has 0 unspecified atom stereocenters. The summed E-state index contributed by atoms with van der Waals surface area (Å²) in [6.45, 7) is 4.43. The first kappa shape index (κ1) is 15.7. The van der Waals surface area contributed by atoms with E-state index in [1.54, 1.807) is 0 Å². The predicted molar refractivity (Wildman–Crippen MR) is 86.2 cm³/mol. The largest absolute Gasteiger partial charge is 0.339 e. The lowest BCUT2D eigenvalue weighted by Gasteiger charge is -1.99. The number of rotatable bonds is 9. The number of unbranched alkanes of at least 4 members (excludes halogenated alkanes) is 4. The smallest absolute Gasteiger partial charge is 0.226 e. The van der Waals surface area contributed by atoms with Crippen molar-refractivity contribution < 1.29 is 4.52 Å². The molecule has 0 bridgehead atoms. The van der Waals surface area contributed by atoms with E-state index in [0.29, 0.717) is 5.82 Å². The van der Waals surface area contributed by atoms with Crippen LogP contribution in [-0.2, 0) is 12.8 Å². The highest BCUT2D eigenvalue weighted by atomic mass is 16.5. The Balaban J connectivity index is 1.87. The van der Waals surface area contributed by atoms with Gasteiger partial charge >= 0.3 is 0 Å². The van der Waals surface area contributed by atoms with Gasteiger partial charge < -0.3 is 4.52 Å². The Kier molecular flexibility index (Phi) is 6.45. The maximum atomic E-state index is 5.34. The van der Waals surface area contributed by atoms with E-state index >= 15 is 0 Å². The summed E-state index contributed by atoms with van der Waals surface area (Å²) in [7, 11) is 0. The Morgan fingerprint density at radius 3 is 2.33 bits per heavy atom. The van der Waals surface area contributed by atoms with E-state index in [0.717, 1.165) is 30.7 Å². The second kappa shape index (κ2) is 8.60. The van der Waals surface area contributed by atoms with Crippen molar-refractivity contribution in [3.63, 3.8) is 0 Å². The molecule has 0 aliphatic carbocycles. The van der Waals surface area contributed by atoms with Crippen LogP contribution < -0.4 is 0 Å². The number of benzene rings is 1. The van der Waals surface area contributed by atoms with Gasteiger partial charge in [0.05, 0.1) is 0 Å². The Bertz CT molecular complexity index is 516. The lowest BCUT2D eigenvalue weighted by Crippen LogP contribution is -1.87. The molecule has 0 aliphatic rings. The van der Waals surface area contributed by atoms with E-state index in [4.69, 9.17) is 4.52 Å². The maximum absolute atomic E-state index is 5.34. The van der Waals surface area contributed by atoms with Crippen molar-refractivity contribution in [2.24, 2.45) is 0 Å². The first-order valence-corrected chi connectivity index (χ1v) is 8.25. The average Bonchev–Trinajstić information content (AvgIpc) is 2.97. The Morgan fingerprint density at radius 1 is 0.857 bits per heavy atom. The Hall–Kier alpha value is -1.64.